The monoisotopic (exact) mass is 403 g/mol. The highest BCUT2D eigenvalue weighted by Gasteiger charge is 2.26. The lowest BCUT2D eigenvalue weighted by Crippen LogP contribution is -2.33. The molecule has 0 fully saturated rings. The predicted molar refractivity (Wildman–Crippen MR) is 117 cm³/mol. The highest BCUT2D eigenvalue weighted by atomic mass is 16.5. The zero-order valence-corrected chi connectivity index (χ0v) is 18.0. The van der Waals surface area contributed by atoms with Crippen LogP contribution < -0.4 is 0 Å². The lowest BCUT2D eigenvalue weighted by atomic mass is 9.87. The van der Waals surface area contributed by atoms with E-state index in [2.05, 4.69) is 60.4 Å². The third-order valence-corrected chi connectivity index (χ3v) is 6.06. The number of nitrogens with zero attached hydrogens (tertiary/aromatic N) is 3. The van der Waals surface area contributed by atoms with Gasteiger partial charge in [0.15, 0.2) is 0 Å². The molecule has 3 aromatic rings. The molecule has 0 radical (unpaired) electrons. The molecule has 1 aromatic heterocycles. The second kappa shape index (κ2) is 8.82. The van der Waals surface area contributed by atoms with Crippen molar-refractivity contribution in [1.82, 2.24) is 15.0 Å². The van der Waals surface area contributed by atoms with E-state index in [9.17, 15) is 4.79 Å². The Kier molecular flexibility index (Phi) is 5.98. The Labute approximate surface area is 178 Å². The average Bonchev–Trinajstić information content (AvgIpc) is 3.25. The van der Waals surface area contributed by atoms with Crippen LogP contribution in [0.3, 0.4) is 0 Å². The maximum atomic E-state index is 12.8. The molecule has 156 valence electrons. The maximum Gasteiger partial charge on any atom is 0.227 e. The first-order valence-electron chi connectivity index (χ1n) is 10.8. The Hall–Kier alpha value is -2.95. The van der Waals surface area contributed by atoms with Crippen LogP contribution in [0.25, 0.3) is 11.4 Å². The third-order valence-electron chi connectivity index (χ3n) is 6.06. The molecule has 4 rings (SSSR count). The molecule has 1 aliphatic rings. The van der Waals surface area contributed by atoms with Crippen LogP contribution in [0.15, 0.2) is 53.1 Å². The van der Waals surface area contributed by atoms with Crippen LogP contribution in [-0.2, 0) is 17.6 Å². The van der Waals surface area contributed by atoms with E-state index < -0.39 is 0 Å². The molecule has 0 aliphatic heterocycles. The molecule has 1 atom stereocenters. The van der Waals surface area contributed by atoms with Gasteiger partial charge in [-0.05, 0) is 41.9 Å². The third kappa shape index (κ3) is 4.30. The van der Waals surface area contributed by atoms with Crippen molar-refractivity contribution in [2.24, 2.45) is 0 Å². The fraction of sp³-hybridized carbons (Fsp3) is 0.400. The Bertz CT molecular complexity index is 1010. The van der Waals surface area contributed by atoms with E-state index in [1.807, 2.05) is 24.1 Å². The van der Waals surface area contributed by atoms with Crippen molar-refractivity contribution in [3.05, 3.63) is 71.1 Å². The maximum absolute atomic E-state index is 12.8. The number of aromatic nitrogens is 2. The van der Waals surface area contributed by atoms with Gasteiger partial charge in [-0.1, -0.05) is 67.5 Å². The topological polar surface area (TPSA) is 59.2 Å². The Morgan fingerprint density at radius 2 is 1.93 bits per heavy atom. The van der Waals surface area contributed by atoms with Crippen molar-refractivity contribution >= 4 is 5.91 Å². The number of aryl methyl sites for hydroxylation is 2. The average molecular weight is 404 g/mol. The number of carbonyl (C=O) groups excluding carboxylic acids is 1. The molecule has 0 bridgehead atoms. The summed E-state index contributed by atoms with van der Waals surface area (Å²) in [6, 6.07) is 16.8. The van der Waals surface area contributed by atoms with E-state index in [1.165, 1.54) is 16.7 Å². The normalized spacial score (nSPS) is 15.8. The summed E-state index contributed by atoms with van der Waals surface area (Å²) in [6.45, 7) is 4.34. The summed E-state index contributed by atoms with van der Waals surface area (Å²) >= 11 is 0. The molecule has 2 aromatic carbocycles. The molecule has 0 saturated carbocycles. The summed E-state index contributed by atoms with van der Waals surface area (Å²) < 4.78 is 5.40. The first-order valence-corrected chi connectivity index (χ1v) is 10.8. The summed E-state index contributed by atoms with van der Waals surface area (Å²) in [5.74, 6) is 1.67. The Morgan fingerprint density at radius 1 is 1.17 bits per heavy atom. The quantitative estimate of drug-likeness (QED) is 0.558. The van der Waals surface area contributed by atoms with E-state index in [-0.39, 0.29) is 11.9 Å². The molecule has 30 heavy (non-hydrogen) atoms. The lowest BCUT2D eigenvalue weighted by Gasteiger charge is -2.33. The Balaban J connectivity index is 1.38. The Morgan fingerprint density at radius 3 is 2.70 bits per heavy atom. The van der Waals surface area contributed by atoms with E-state index >= 15 is 0 Å². The summed E-state index contributed by atoms with van der Waals surface area (Å²) in [4.78, 5) is 19.2. The molecule has 1 unspecified atom stereocenters. The number of hydrogen-bond donors (Lipinski definition) is 0. The molecule has 0 saturated heterocycles. The molecule has 5 heteroatoms. The van der Waals surface area contributed by atoms with Gasteiger partial charge < -0.3 is 9.42 Å². The number of benzene rings is 2. The van der Waals surface area contributed by atoms with Gasteiger partial charge in [-0.25, -0.2) is 0 Å². The number of rotatable bonds is 6. The molecule has 1 aliphatic carbocycles. The minimum atomic E-state index is 0.109. The van der Waals surface area contributed by atoms with Crippen LogP contribution in [0.4, 0.5) is 0 Å². The van der Waals surface area contributed by atoms with E-state index in [0.29, 0.717) is 30.5 Å². The zero-order chi connectivity index (χ0) is 21.1. The number of fused-ring (bicyclic) bond motifs is 1. The first kappa shape index (κ1) is 20.3. The molecular formula is C25H29N3O2. The largest absolute Gasteiger partial charge is 0.339 e. The van der Waals surface area contributed by atoms with Crippen molar-refractivity contribution in [3.8, 4) is 11.4 Å². The molecule has 0 N–H and O–H groups in total. The second-order valence-corrected chi connectivity index (χ2v) is 8.40. The van der Waals surface area contributed by atoms with Gasteiger partial charge in [0.2, 0.25) is 17.6 Å². The van der Waals surface area contributed by atoms with Crippen LogP contribution in [0.1, 0.15) is 67.7 Å². The predicted octanol–water partition coefficient (Wildman–Crippen LogP) is 5.33. The number of carbonyl (C=O) groups is 1. The van der Waals surface area contributed by atoms with Crippen molar-refractivity contribution in [3.63, 3.8) is 0 Å². The van der Waals surface area contributed by atoms with E-state index in [1.54, 1.807) is 0 Å². The summed E-state index contributed by atoms with van der Waals surface area (Å²) in [7, 11) is 1.91. The van der Waals surface area contributed by atoms with Gasteiger partial charge in [-0.15, -0.1) is 0 Å². The fourth-order valence-electron chi connectivity index (χ4n) is 4.19. The standard InChI is InChI=1S/C25H29N3O2/c1-17(2)18-11-13-20(14-12-18)25-26-23(30-27-25)15-16-24(29)28(3)22-10-6-8-19-7-4-5-9-21(19)22/h4-5,7,9,11-14,17,22H,6,8,10,15-16H2,1-3H3. The van der Waals surface area contributed by atoms with Gasteiger partial charge in [0.1, 0.15) is 0 Å². The van der Waals surface area contributed by atoms with Crippen LogP contribution in [0.5, 0.6) is 0 Å². The van der Waals surface area contributed by atoms with E-state index in [0.717, 1.165) is 24.8 Å². The first-order chi connectivity index (χ1) is 14.5. The molecule has 1 heterocycles. The van der Waals surface area contributed by atoms with Crippen LogP contribution in [0.2, 0.25) is 0 Å². The SMILES string of the molecule is CC(C)c1ccc(-c2noc(CCC(=O)N(C)C3CCCc4ccccc43)n2)cc1. The van der Waals surface area contributed by atoms with Crippen molar-refractivity contribution < 1.29 is 9.32 Å². The van der Waals surface area contributed by atoms with Crippen molar-refractivity contribution in [1.29, 1.82) is 0 Å². The minimum absolute atomic E-state index is 0.109. The molecular weight excluding hydrogens is 374 g/mol. The van der Waals surface area contributed by atoms with E-state index in [4.69, 9.17) is 4.52 Å². The highest BCUT2D eigenvalue weighted by molar-refractivity contribution is 5.76. The van der Waals surface area contributed by atoms with Gasteiger partial charge in [0, 0.05) is 25.5 Å². The van der Waals surface area contributed by atoms with Crippen molar-refractivity contribution in [2.45, 2.75) is 57.9 Å². The van der Waals surface area contributed by atoms with Crippen molar-refractivity contribution in [2.75, 3.05) is 7.05 Å². The molecule has 1 amide bonds. The van der Waals surface area contributed by atoms with Gasteiger partial charge in [0.25, 0.3) is 0 Å². The highest BCUT2D eigenvalue weighted by Crippen LogP contribution is 2.33. The minimum Gasteiger partial charge on any atom is -0.339 e. The van der Waals surface area contributed by atoms with Crippen LogP contribution in [-0.4, -0.2) is 28.0 Å². The van der Waals surface area contributed by atoms with Gasteiger partial charge in [-0.2, -0.15) is 4.98 Å². The summed E-state index contributed by atoms with van der Waals surface area (Å²) in [5, 5.41) is 4.09. The van der Waals surface area contributed by atoms with Crippen LogP contribution >= 0.6 is 0 Å². The smallest absolute Gasteiger partial charge is 0.227 e. The zero-order valence-electron chi connectivity index (χ0n) is 18.0. The van der Waals surface area contributed by atoms with Gasteiger partial charge in [-0.3, -0.25) is 4.79 Å². The van der Waals surface area contributed by atoms with Gasteiger partial charge in [0.05, 0.1) is 6.04 Å². The van der Waals surface area contributed by atoms with Gasteiger partial charge >= 0.3 is 0 Å². The molecule has 5 nitrogen and oxygen atoms in total. The van der Waals surface area contributed by atoms with Crippen LogP contribution in [0, 0.1) is 0 Å². The summed E-state index contributed by atoms with van der Waals surface area (Å²) in [5.41, 5.74) is 4.85. The number of amides is 1. The fourth-order valence-corrected chi connectivity index (χ4v) is 4.19. The second-order valence-electron chi connectivity index (χ2n) is 8.40. The lowest BCUT2D eigenvalue weighted by molar-refractivity contribution is -0.132. The summed E-state index contributed by atoms with van der Waals surface area (Å²) in [6.07, 6.45) is 4.04. The number of hydrogen-bond acceptors (Lipinski definition) is 4. The molecule has 0 spiro atoms.